The monoisotopic (exact) mass is 324 g/mol. The summed E-state index contributed by atoms with van der Waals surface area (Å²) in [5, 5.41) is 0. The molecule has 1 aromatic rings. The number of alkyl halides is 2. The number of nitrogens with zero attached hydrogens (tertiary/aromatic N) is 2. The van der Waals surface area contributed by atoms with E-state index in [1.807, 2.05) is 7.05 Å². The third-order valence-electron chi connectivity index (χ3n) is 4.64. The van der Waals surface area contributed by atoms with E-state index in [1.165, 1.54) is 24.3 Å². The van der Waals surface area contributed by atoms with E-state index in [4.69, 9.17) is 0 Å². The van der Waals surface area contributed by atoms with Crippen LogP contribution in [0.25, 0.3) is 0 Å². The van der Waals surface area contributed by atoms with Gasteiger partial charge in [0.2, 0.25) is 5.91 Å². The Morgan fingerprint density at radius 3 is 2.65 bits per heavy atom. The predicted octanol–water partition coefficient (Wildman–Crippen LogP) is 1.98. The van der Waals surface area contributed by atoms with E-state index in [0.717, 1.165) is 6.42 Å². The van der Waals surface area contributed by atoms with Crippen LogP contribution in [0.1, 0.15) is 23.2 Å². The number of hydrogen-bond acceptors (Lipinski definition) is 3. The van der Waals surface area contributed by atoms with Gasteiger partial charge in [-0.2, -0.15) is 8.78 Å². The van der Waals surface area contributed by atoms with Gasteiger partial charge in [0.25, 0.3) is 5.91 Å². The highest BCUT2D eigenvalue weighted by molar-refractivity contribution is 5.94. The molecule has 0 N–H and O–H groups in total. The number of hydrogen-bond donors (Lipinski definition) is 0. The Bertz CT molecular complexity index is 606. The number of rotatable bonds is 3. The molecule has 7 heteroatoms. The van der Waals surface area contributed by atoms with E-state index in [-0.39, 0.29) is 29.5 Å². The first-order valence-electron chi connectivity index (χ1n) is 7.55. The van der Waals surface area contributed by atoms with E-state index in [1.54, 1.807) is 9.80 Å². The first-order valence-corrected chi connectivity index (χ1v) is 7.55. The number of carbonyl (C=O) groups excluding carboxylic acids is 2. The number of piperidine rings is 1. The number of benzene rings is 1. The SMILES string of the molecule is CN1C(=O)C[C@@H]2CN(C(=O)c3ccc(OC(F)F)cc3)CC[C@@H]21. The van der Waals surface area contributed by atoms with Crippen molar-refractivity contribution in [2.75, 3.05) is 20.1 Å². The average Bonchev–Trinajstić information content (AvgIpc) is 2.81. The number of fused-ring (bicyclic) bond motifs is 1. The van der Waals surface area contributed by atoms with Crippen molar-refractivity contribution in [3.8, 4) is 5.75 Å². The molecule has 0 radical (unpaired) electrons. The van der Waals surface area contributed by atoms with Crippen LogP contribution in [0.2, 0.25) is 0 Å². The van der Waals surface area contributed by atoms with Gasteiger partial charge in [0.1, 0.15) is 5.75 Å². The second-order valence-corrected chi connectivity index (χ2v) is 5.98. The van der Waals surface area contributed by atoms with E-state index >= 15 is 0 Å². The molecule has 1 aromatic carbocycles. The van der Waals surface area contributed by atoms with Crippen molar-refractivity contribution in [1.29, 1.82) is 0 Å². The van der Waals surface area contributed by atoms with Gasteiger partial charge in [0.05, 0.1) is 0 Å². The molecular formula is C16H18F2N2O3. The summed E-state index contributed by atoms with van der Waals surface area (Å²) in [5.74, 6) is 0.182. The molecule has 124 valence electrons. The Morgan fingerprint density at radius 1 is 1.30 bits per heavy atom. The molecule has 2 atom stereocenters. The summed E-state index contributed by atoms with van der Waals surface area (Å²) in [6.07, 6.45) is 1.25. The topological polar surface area (TPSA) is 49.9 Å². The normalized spacial score (nSPS) is 24.1. The van der Waals surface area contributed by atoms with Gasteiger partial charge in [0, 0.05) is 44.1 Å². The molecule has 2 aliphatic heterocycles. The smallest absolute Gasteiger partial charge is 0.387 e. The van der Waals surface area contributed by atoms with Crippen LogP contribution in [-0.4, -0.2) is 54.4 Å². The summed E-state index contributed by atoms with van der Waals surface area (Å²) in [6, 6.07) is 5.90. The zero-order valence-corrected chi connectivity index (χ0v) is 12.7. The van der Waals surface area contributed by atoms with Gasteiger partial charge in [-0.3, -0.25) is 9.59 Å². The fraction of sp³-hybridized carbons (Fsp3) is 0.500. The largest absolute Gasteiger partial charge is 0.435 e. The maximum Gasteiger partial charge on any atom is 0.387 e. The summed E-state index contributed by atoms with van der Waals surface area (Å²) < 4.78 is 28.5. The van der Waals surface area contributed by atoms with Crippen molar-refractivity contribution in [3.63, 3.8) is 0 Å². The molecule has 0 spiro atoms. The third kappa shape index (κ3) is 3.13. The third-order valence-corrected chi connectivity index (χ3v) is 4.64. The second kappa shape index (κ2) is 6.14. The quantitative estimate of drug-likeness (QED) is 0.854. The van der Waals surface area contributed by atoms with E-state index in [2.05, 4.69) is 4.74 Å². The molecule has 3 rings (SSSR count). The first-order chi connectivity index (χ1) is 11.0. The Balaban J connectivity index is 1.66. The number of amides is 2. The molecule has 0 aromatic heterocycles. The molecule has 0 saturated carbocycles. The van der Waals surface area contributed by atoms with Gasteiger partial charge >= 0.3 is 6.61 Å². The maximum atomic E-state index is 12.5. The van der Waals surface area contributed by atoms with Crippen LogP contribution in [0.3, 0.4) is 0 Å². The van der Waals surface area contributed by atoms with Crippen molar-refractivity contribution in [1.82, 2.24) is 9.80 Å². The van der Waals surface area contributed by atoms with Crippen LogP contribution in [-0.2, 0) is 4.79 Å². The van der Waals surface area contributed by atoms with Crippen LogP contribution in [0.4, 0.5) is 8.78 Å². The van der Waals surface area contributed by atoms with Gasteiger partial charge in [-0.1, -0.05) is 0 Å². The fourth-order valence-electron chi connectivity index (χ4n) is 3.43. The summed E-state index contributed by atoms with van der Waals surface area (Å²) in [5.41, 5.74) is 0.433. The fourth-order valence-corrected chi connectivity index (χ4v) is 3.43. The van der Waals surface area contributed by atoms with Crippen molar-refractivity contribution in [2.24, 2.45) is 5.92 Å². The molecule has 2 heterocycles. The molecule has 2 saturated heterocycles. The number of carbonyl (C=O) groups is 2. The highest BCUT2D eigenvalue weighted by Gasteiger charge is 2.41. The molecule has 0 unspecified atom stereocenters. The lowest BCUT2D eigenvalue weighted by atomic mass is 9.92. The van der Waals surface area contributed by atoms with Crippen LogP contribution in [0, 0.1) is 5.92 Å². The van der Waals surface area contributed by atoms with Crippen molar-refractivity contribution in [3.05, 3.63) is 29.8 Å². The Morgan fingerprint density at radius 2 is 2.00 bits per heavy atom. The molecular weight excluding hydrogens is 306 g/mol. The minimum Gasteiger partial charge on any atom is -0.435 e. The van der Waals surface area contributed by atoms with Crippen molar-refractivity contribution < 1.29 is 23.1 Å². The standard InChI is InChI=1S/C16H18F2N2O3/c1-19-13-6-7-20(9-11(13)8-14(19)21)15(22)10-2-4-12(5-3-10)23-16(17)18/h2-5,11,13,16H,6-9H2,1H3/t11-,13+/m1/s1. The van der Waals surface area contributed by atoms with Gasteiger partial charge in [-0.15, -0.1) is 0 Å². The molecule has 23 heavy (non-hydrogen) atoms. The van der Waals surface area contributed by atoms with Gasteiger partial charge in [-0.05, 0) is 30.7 Å². The minimum absolute atomic E-state index is 0.0262. The Hall–Kier alpha value is -2.18. The molecule has 2 amide bonds. The number of ether oxygens (including phenoxy) is 1. The van der Waals surface area contributed by atoms with Crippen LogP contribution in [0.15, 0.2) is 24.3 Å². The van der Waals surface area contributed by atoms with Crippen molar-refractivity contribution >= 4 is 11.8 Å². The molecule has 2 fully saturated rings. The van der Waals surface area contributed by atoms with E-state index < -0.39 is 6.61 Å². The second-order valence-electron chi connectivity index (χ2n) is 5.98. The van der Waals surface area contributed by atoms with Crippen LogP contribution < -0.4 is 4.74 Å². The predicted molar refractivity (Wildman–Crippen MR) is 78.3 cm³/mol. The van der Waals surface area contributed by atoms with E-state index in [9.17, 15) is 18.4 Å². The highest BCUT2D eigenvalue weighted by atomic mass is 19.3. The Kier molecular flexibility index (Phi) is 4.19. The summed E-state index contributed by atoms with van der Waals surface area (Å²) in [7, 11) is 1.81. The zero-order valence-electron chi connectivity index (χ0n) is 12.7. The van der Waals surface area contributed by atoms with E-state index in [0.29, 0.717) is 25.1 Å². The van der Waals surface area contributed by atoms with Crippen molar-refractivity contribution in [2.45, 2.75) is 25.5 Å². The number of likely N-dealkylation sites (tertiary alicyclic amines) is 2. The van der Waals surface area contributed by atoms with Crippen LogP contribution in [0.5, 0.6) is 5.75 Å². The van der Waals surface area contributed by atoms with Gasteiger partial charge < -0.3 is 14.5 Å². The first kappa shape index (κ1) is 15.7. The lowest BCUT2D eigenvalue weighted by Crippen LogP contribution is -2.47. The number of halogens is 2. The zero-order chi connectivity index (χ0) is 16.6. The summed E-state index contributed by atoms with van der Waals surface area (Å²) in [6.45, 7) is -1.74. The van der Waals surface area contributed by atoms with Gasteiger partial charge in [0.15, 0.2) is 0 Å². The maximum absolute atomic E-state index is 12.5. The lowest BCUT2D eigenvalue weighted by molar-refractivity contribution is -0.127. The molecule has 0 bridgehead atoms. The molecule has 5 nitrogen and oxygen atoms in total. The Labute approximate surface area is 132 Å². The average molecular weight is 324 g/mol. The molecule has 0 aliphatic carbocycles. The lowest BCUT2D eigenvalue weighted by Gasteiger charge is -2.36. The summed E-state index contributed by atoms with van der Waals surface area (Å²) in [4.78, 5) is 27.8. The highest BCUT2D eigenvalue weighted by Crippen LogP contribution is 2.31. The van der Waals surface area contributed by atoms with Gasteiger partial charge in [-0.25, -0.2) is 0 Å². The summed E-state index contributed by atoms with van der Waals surface area (Å²) >= 11 is 0. The van der Waals surface area contributed by atoms with Crippen LogP contribution >= 0.6 is 0 Å². The molecule has 2 aliphatic rings. The minimum atomic E-state index is -2.88.